The molecule has 0 unspecified atom stereocenters. The van der Waals surface area contributed by atoms with E-state index in [1.54, 1.807) is 5.32 Å². The van der Waals surface area contributed by atoms with Gasteiger partial charge in [0.2, 0.25) is 0 Å². The Balaban J connectivity index is 3.31. The van der Waals surface area contributed by atoms with E-state index in [0.717, 1.165) is 12.1 Å². The minimum absolute atomic E-state index is 0.325. The first-order valence-electron chi connectivity index (χ1n) is 4.14. The second-order valence-corrected chi connectivity index (χ2v) is 2.97. The zero-order chi connectivity index (χ0) is 13.2. The lowest BCUT2D eigenvalue weighted by Gasteiger charge is -2.12. The molecule has 0 spiro atoms. The summed E-state index contributed by atoms with van der Waals surface area (Å²) < 4.78 is 37.6. The molecule has 0 aliphatic heterocycles. The normalized spacial score (nSPS) is 11.0. The molecule has 0 radical (unpaired) electrons. The zero-order valence-corrected chi connectivity index (χ0v) is 8.12. The fraction of sp³-hybridized carbons (Fsp3) is 0.125. The first kappa shape index (κ1) is 12.7. The maximum atomic E-state index is 12.5. The molecule has 1 aromatic rings. The van der Waals surface area contributed by atoms with Crippen LogP contribution in [0.3, 0.4) is 0 Å². The summed E-state index contributed by atoms with van der Waals surface area (Å²) in [5, 5.41) is 12.1. The van der Waals surface area contributed by atoms with Crippen LogP contribution in [0.15, 0.2) is 18.2 Å². The van der Waals surface area contributed by atoms with Crippen LogP contribution < -0.4 is 11.1 Å². The molecule has 0 atom stereocenters. The number of halogens is 3. The molecule has 0 fully saturated rings. The van der Waals surface area contributed by atoms with Crippen molar-refractivity contribution in [3.05, 3.63) is 33.9 Å². The van der Waals surface area contributed by atoms with Crippen molar-refractivity contribution in [1.82, 2.24) is 0 Å². The number of hydrogen-bond acceptors (Lipinski definition) is 3. The van der Waals surface area contributed by atoms with Gasteiger partial charge in [-0.05, 0) is 6.07 Å². The molecule has 1 rings (SSSR count). The van der Waals surface area contributed by atoms with Crippen LogP contribution in [0.25, 0.3) is 0 Å². The van der Waals surface area contributed by atoms with Crippen LogP contribution in [-0.2, 0) is 6.18 Å². The van der Waals surface area contributed by atoms with Gasteiger partial charge in [0, 0.05) is 12.1 Å². The fourth-order valence-electron chi connectivity index (χ4n) is 1.12. The molecule has 6 nitrogen and oxygen atoms in total. The Hall–Kier alpha value is -2.32. The molecule has 0 heterocycles. The van der Waals surface area contributed by atoms with Gasteiger partial charge >= 0.3 is 12.2 Å². The van der Waals surface area contributed by atoms with Gasteiger partial charge in [-0.1, -0.05) is 0 Å². The molecule has 0 aliphatic rings. The third-order valence-corrected chi connectivity index (χ3v) is 1.78. The van der Waals surface area contributed by atoms with Crippen LogP contribution in [0.5, 0.6) is 0 Å². The summed E-state index contributed by atoms with van der Waals surface area (Å²) in [6.45, 7) is 0. The van der Waals surface area contributed by atoms with E-state index in [2.05, 4.69) is 5.73 Å². The Morgan fingerprint density at radius 1 is 1.41 bits per heavy atom. The van der Waals surface area contributed by atoms with Gasteiger partial charge in [-0.2, -0.15) is 13.2 Å². The molecule has 17 heavy (non-hydrogen) atoms. The Morgan fingerprint density at radius 2 is 2.00 bits per heavy atom. The number of amides is 2. The average molecular weight is 249 g/mol. The number of nitrogens with one attached hydrogen (secondary N) is 1. The maximum Gasteiger partial charge on any atom is 0.418 e. The number of hydrogen-bond donors (Lipinski definition) is 2. The van der Waals surface area contributed by atoms with E-state index >= 15 is 0 Å². The van der Waals surface area contributed by atoms with Crippen molar-refractivity contribution in [1.29, 1.82) is 0 Å². The van der Waals surface area contributed by atoms with E-state index < -0.39 is 34.1 Å². The quantitative estimate of drug-likeness (QED) is 0.620. The number of anilines is 1. The number of nitro groups is 1. The first-order chi connectivity index (χ1) is 7.71. The van der Waals surface area contributed by atoms with Gasteiger partial charge in [0.25, 0.3) is 5.69 Å². The van der Waals surface area contributed by atoms with E-state index in [4.69, 9.17) is 0 Å². The summed E-state index contributed by atoms with van der Waals surface area (Å²) in [4.78, 5) is 19.8. The van der Waals surface area contributed by atoms with Gasteiger partial charge in [-0.3, -0.25) is 10.1 Å². The second-order valence-electron chi connectivity index (χ2n) is 2.97. The number of primary amides is 1. The van der Waals surface area contributed by atoms with Crippen LogP contribution in [0, 0.1) is 10.1 Å². The smallest absolute Gasteiger partial charge is 0.351 e. The molecule has 0 saturated carbocycles. The Labute approximate surface area is 92.4 Å². The molecule has 3 N–H and O–H groups in total. The molecule has 0 aliphatic carbocycles. The van der Waals surface area contributed by atoms with Crippen LogP contribution in [-0.4, -0.2) is 11.0 Å². The average Bonchev–Trinajstić information content (AvgIpc) is 2.15. The van der Waals surface area contributed by atoms with Crippen molar-refractivity contribution in [2.24, 2.45) is 5.73 Å². The lowest BCUT2D eigenvalue weighted by atomic mass is 10.1. The van der Waals surface area contributed by atoms with E-state index in [1.165, 1.54) is 0 Å². The van der Waals surface area contributed by atoms with E-state index in [1.807, 2.05) is 0 Å². The topological polar surface area (TPSA) is 98.3 Å². The van der Waals surface area contributed by atoms with E-state index in [9.17, 15) is 28.1 Å². The summed E-state index contributed by atoms with van der Waals surface area (Å²) in [6, 6.07) is 0.738. The third kappa shape index (κ3) is 3.06. The molecular weight excluding hydrogens is 243 g/mol. The summed E-state index contributed by atoms with van der Waals surface area (Å²) in [5.41, 5.74) is 2.00. The van der Waals surface area contributed by atoms with Crippen molar-refractivity contribution >= 4 is 17.4 Å². The molecule has 0 saturated heterocycles. The Morgan fingerprint density at radius 3 is 2.41 bits per heavy atom. The standard InChI is InChI=1S/C8H6F3N3O3/c9-8(10,11)5-3-4(14(16)17)1-2-6(5)13-7(12)15/h1-3H,(H3,12,13,15). The highest BCUT2D eigenvalue weighted by atomic mass is 19.4. The first-order valence-corrected chi connectivity index (χ1v) is 4.14. The van der Waals surface area contributed by atoms with Crippen molar-refractivity contribution in [2.75, 3.05) is 5.32 Å². The van der Waals surface area contributed by atoms with Crippen molar-refractivity contribution < 1.29 is 22.9 Å². The minimum atomic E-state index is -4.83. The molecular formula is C8H6F3N3O3. The predicted molar refractivity (Wildman–Crippen MR) is 51.3 cm³/mol. The molecule has 0 bridgehead atoms. The summed E-state index contributed by atoms with van der Waals surface area (Å²) >= 11 is 0. The lowest BCUT2D eigenvalue weighted by molar-refractivity contribution is -0.385. The lowest BCUT2D eigenvalue weighted by Crippen LogP contribution is -2.22. The summed E-state index contributed by atoms with van der Waals surface area (Å²) in [6.07, 6.45) is -4.83. The number of benzene rings is 1. The van der Waals surface area contributed by atoms with Gasteiger partial charge in [0.15, 0.2) is 0 Å². The highest BCUT2D eigenvalue weighted by Gasteiger charge is 2.35. The number of nitrogens with zero attached hydrogens (tertiary/aromatic N) is 1. The summed E-state index contributed by atoms with van der Waals surface area (Å²) in [7, 11) is 0. The van der Waals surface area contributed by atoms with Crippen LogP contribution >= 0.6 is 0 Å². The van der Waals surface area contributed by atoms with Gasteiger partial charge in [-0.25, -0.2) is 4.79 Å². The van der Waals surface area contributed by atoms with Gasteiger partial charge < -0.3 is 11.1 Å². The van der Waals surface area contributed by atoms with Crippen LogP contribution in [0.2, 0.25) is 0 Å². The second kappa shape index (κ2) is 4.28. The monoisotopic (exact) mass is 249 g/mol. The van der Waals surface area contributed by atoms with Gasteiger partial charge in [-0.15, -0.1) is 0 Å². The number of nitro benzene ring substituents is 1. The number of rotatable bonds is 2. The van der Waals surface area contributed by atoms with Crippen molar-refractivity contribution in [3.63, 3.8) is 0 Å². The molecule has 0 aromatic heterocycles. The highest BCUT2D eigenvalue weighted by Crippen LogP contribution is 2.36. The molecule has 1 aromatic carbocycles. The minimum Gasteiger partial charge on any atom is -0.351 e. The van der Waals surface area contributed by atoms with Gasteiger partial charge in [0.05, 0.1) is 16.2 Å². The maximum absolute atomic E-state index is 12.5. The Bertz CT molecular complexity index is 473. The predicted octanol–water partition coefficient (Wildman–Crippen LogP) is 2.10. The number of carbonyl (C=O) groups excluding carboxylic acids is 1. The zero-order valence-electron chi connectivity index (χ0n) is 8.12. The third-order valence-electron chi connectivity index (χ3n) is 1.78. The van der Waals surface area contributed by atoms with Crippen molar-refractivity contribution in [3.8, 4) is 0 Å². The largest absolute Gasteiger partial charge is 0.418 e. The van der Waals surface area contributed by atoms with E-state index in [-0.39, 0.29) is 0 Å². The number of carbonyl (C=O) groups is 1. The van der Waals surface area contributed by atoms with E-state index in [0.29, 0.717) is 6.07 Å². The van der Waals surface area contributed by atoms with Gasteiger partial charge in [0.1, 0.15) is 0 Å². The number of non-ortho nitro benzene ring substituents is 1. The molecule has 2 amide bonds. The SMILES string of the molecule is NC(=O)Nc1ccc([N+](=O)[O-])cc1C(F)(F)F. The Kier molecular flexibility index (Phi) is 3.21. The summed E-state index contributed by atoms with van der Waals surface area (Å²) in [5.74, 6) is 0. The van der Waals surface area contributed by atoms with Crippen LogP contribution in [0.1, 0.15) is 5.56 Å². The number of nitrogens with two attached hydrogens (primary N) is 1. The fourth-order valence-corrected chi connectivity index (χ4v) is 1.12. The van der Waals surface area contributed by atoms with Crippen molar-refractivity contribution in [2.45, 2.75) is 6.18 Å². The number of urea groups is 1. The highest BCUT2D eigenvalue weighted by molar-refractivity contribution is 5.89. The molecule has 92 valence electrons. The van der Waals surface area contributed by atoms with Crippen LogP contribution in [0.4, 0.5) is 29.3 Å². The number of alkyl halides is 3. The molecule has 9 heteroatoms.